The van der Waals surface area contributed by atoms with Gasteiger partial charge in [-0.1, -0.05) is 53.1 Å². The van der Waals surface area contributed by atoms with Crippen LogP contribution in [0.25, 0.3) is 11.2 Å². The number of carbonyl (C=O) groups is 1. The minimum atomic E-state index is -0.831. The first-order valence-electron chi connectivity index (χ1n) is 14.3. The third-order valence-corrected chi connectivity index (χ3v) is 7.31. The number of fused-ring (bicyclic) bond motifs is 1. The zero-order chi connectivity index (χ0) is 30.8. The molecule has 11 nitrogen and oxygen atoms in total. The normalized spacial score (nSPS) is 19.5. The van der Waals surface area contributed by atoms with Gasteiger partial charge in [0.25, 0.3) is 5.56 Å². The molecule has 3 aromatic carbocycles. The van der Waals surface area contributed by atoms with Crippen LogP contribution in [0.1, 0.15) is 29.8 Å². The Morgan fingerprint density at radius 2 is 1.41 bits per heavy atom. The number of nitrogens with zero attached hydrogens (tertiary/aromatic N) is 3. The Balaban J connectivity index is 1.42. The van der Waals surface area contributed by atoms with Crippen LogP contribution >= 0.6 is 0 Å². The van der Waals surface area contributed by atoms with Crippen LogP contribution < -0.4 is 25.1 Å². The fourth-order valence-electron chi connectivity index (χ4n) is 5.03. The molecule has 44 heavy (non-hydrogen) atoms. The van der Waals surface area contributed by atoms with Gasteiger partial charge in [0.1, 0.15) is 30.0 Å². The van der Waals surface area contributed by atoms with Gasteiger partial charge < -0.3 is 18.9 Å². The number of aromatic nitrogens is 4. The number of aryl methyl sites for hydroxylation is 3. The van der Waals surface area contributed by atoms with Gasteiger partial charge in [-0.2, -0.15) is 4.98 Å². The minimum absolute atomic E-state index is 0.00235. The van der Waals surface area contributed by atoms with Gasteiger partial charge in [-0.25, -0.2) is 4.98 Å². The maximum absolute atomic E-state index is 12.9. The van der Waals surface area contributed by atoms with Crippen molar-refractivity contribution >= 4 is 23.0 Å². The summed E-state index contributed by atoms with van der Waals surface area (Å²) in [4.78, 5) is 35.9. The van der Waals surface area contributed by atoms with Crippen LogP contribution in [0.15, 0.2) is 83.9 Å². The fourth-order valence-corrected chi connectivity index (χ4v) is 5.03. The average Bonchev–Trinajstić information content (AvgIpc) is 3.56. The van der Waals surface area contributed by atoms with Gasteiger partial charge in [0.2, 0.25) is 11.9 Å². The van der Waals surface area contributed by atoms with Crippen molar-refractivity contribution in [1.82, 2.24) is 19.5 Å². The number of aromatic amines is 1. The Morgan fingerprint density at radius 3 is 1.98 bits per heavy atom. The first kappa shape index (κ1) is 28.9. The van der Waals surface area contributed by atoms with Crippen molar-refractivity contribution in [1.29, 1.82) is 0 Å². The van der Waals surface area contributed by atoms with Crippen LogP contribution in [-0.2, 0) is 9.53 Å². The van der Waals surface area contributed by atoms with Crippen molar-refractivity contribution in [3.8, 4) is 17.2 Å². The minimum Gasteiger partial charge on any atom is -0.491 e. The summed E-state index contributed by atoms with van der Waals surface area (Å²) in [6.07, 6.45) is -1.33. The summed E-state index contributed by atoms with van der Waals surface area (Å²) in [6.45, 7) is 7.51. The molecule has 0 aliphatic carbocycles. The van der Waals surface area contributed by atoms with Gasteiger partial charge in [-0.3, -0.25) is 24.5 Å². The molecule has 6 rings (SSSR count). The second kappa shape index (κ2) is 12.2. The van der Waals surface area contributed by atoms with E-state index in [1.807, 2.05) is 93.6 Å². The largest absolute Gasteiger partial charge is 0.491 e. The number of imidazole rings is 1. The molecule has 1 fully saturated rings. The highest BCUT2D eigenvalue weighted by Gasteiger charge is 2.50. The molecule has 1 saturated heterocycles. The number of anilines is 1. The molecule has 0 bridgehead atoms. The Bertz CT molecular complexity index is 1820. The summed E-state index contributed by atoms with van der Waals surface area (Å²) in [5, 5.41) is 2.54. The van der Waals surface area contributed by atoms with Gasteiger partial charge >= 0.3 is 0 Å². The first-order chi connectivity index (χ1) is 21.2. The van der Waals surface area contributed by atoms with E-state index < -0.39 is 30.1 Å². The third-order valence-electron chi connectivity index (χ3n) is 7.31. The topological polar surface area (TPSA) is 130 Å². The molecule has 2 N–H and O–H groups in total. The van der Waals surface area contributed by atoms with E-state index in [1.54, 1.807) is 4.57 Å². The lowest BCUT2D eigenvalue weighted by atomic mass is 10.1. The predicted molar refractivity (Wildman–Crippen MR) is 164 cm³/mol. The summed E-state index contributed by atoms with van der Waals surface area (Å²) in [7, 11) is 0. The smallest absolute Gasteiger partial charge is 0.280 e. The molecule has 1 aliphatic rings. The number of rotatable bonds is 9. The van der Waals surface area contributed by atoms with Gasteiger partial charge in [-0.15, -0.1) is 0 Å². The number of ether oxygens (including phenoxy) is 4. The second-order valence-electron chi connectivity index (χ2n) is 10.9. The van der Waals surface area contributed by atoms with E-state index in [1.165, 1.54) is 13.3 Å². The molecule has 4 atom stereocenters. The van der Waals surface area contributed by atoms with Crippen LogP contribution in [0.3, 0.4) is 0 Å². The maximum Gasteiger partial charge on any atom is 0.280 e. The predicted octanol–water partition coefficient (Wildman–Crippen LogP) is 4.87. The summed E-state index contributed by atoms with van der Waals surface area (Å²) in [6, 6.07) is 23.2. The Hall–Kier alpha value is -5.16. The molecule has 1 amide bonds. The van der Waals surface area contributed by atoms with Crippen LogP contribution in [0.2, 0.25) is 0 Å². The first-order valence-corrected chi connectivity index (χ1v) is 14.3. The van der Waals surface area contributed by atoms with Crippen LogP contribution in [0.4, 0.5) is 5.95 Å². The van der Waals surface area contributed by atoms with Crippen molar-refractivity contribution in [2.75, 3.05) is 11.9 Å². The fraction of sp³-hybridized carbons (Fsp3) is 0.273. The monoisotopic (exact) mass is 595 g/mol. The second-order valence-corrected chi connectivity index (χ2v) is 10.9. The van der Waals surface area contributed by atoms with Crippen molar-refractivity contribution in [3.05, 3.63) is 106 Å². The zero-order valence-electron chi connectivity index (χ0n) is 24.8. The maximum atomic E-state index is 12.9. The lowest BCUT2D eigenvalue weighted by Crippen LogP contribution is -2.42. The SMILES string of the molecule is CC(=O)Nc1nc2c(ncn2[C@@H]2O[C@H](COc3ccc(C)cc3)[C@@H](Oc3ccc(C)cc3)[C@H]2Oc2ccc(C)cc2)c(=O)[nH]1. The number of benzene rings is 3. The molecule has 0 unspecified atom stereocenters. The highest BCUT2D eigenvalue weighted by molar-refractivity contribution is 5.87. The van der Waals surface area contributed by atoms with E-state index in [4.69, 9.17) is 18.9 Å². The number of nitrogens with one attached hydrogen (secondary N) is 2. The average molecular weight is 596 g/mol. The molecule has 3 heterocycles. The summed E-state index contributed by atoms with van der Waals surface area (Å²) in [5.41, 5.74) is 3.11. The van der Waals surface area contributed by atoms with Crippen molar-refractivity contribution < 1.29 is 23.7 Å². The highest BCUT2D eigenvalue weighted by Crippen LogP contribution is 2.37. The molecule has 5 aromatic rings. The quantitative estimate of drug-likeness (QED) is 0.247. The number of H-pyrrole nitrogens is 1. The molecule has 0 radical (unpaired) electrons. The van der Waals surface area contributed by atoms with E-state index in [9.17, 15) is 9.59 Å². The summed E-state index contributed by atoms with van der Waals surface area (Å²) in [5.74, 6) is 1.56. The molecule has 0 spiro atoms. The molecule has 0 saturated carbocycles. The van der Waals surface area contributed by atoms with E-state index in [0.717, 1.165) is 16.7 Å². The molecular formula is C33H33N5O6. The van der Waals surface area contributed by atoms with Gasteiger partial charge in [-0.05, 0) is 57.2 Å². The lowest BCUT2D eigenvalue weighted by molar-refractivity contribution is -0.114. The van der Waals surface area contributed by atoms with Gasteiger partial charge in [0.05, 0.1) is 6.33 Å². The summed E-state index contributed by atoms with van der Waals surface area (Å²) < 4.78 is 27.7. The van der Waals surface area contributed by atoms with Crippen molar-refractivity contribution in [2.45, 2.75) is 52.2 Å². The van der Waals surface area contributed by atoms with Crippen LogP contribution in [0, 0.1) is 20.8 Å². The Morgan fingerprint density at radius 1 is 0.864 bits per heavy atom. The number of amides is 1. The molecule has 226 valence electrons. The van der Waals surface area contributed by atoms with Crippen molar-refractivity contribution in [3.63, 3.8) is 0 Å². The number of hydrogen-bond donors (Lipinski definition) is 2. The highest BCUT2D eigenvalue weighted by atomic mass is 16.6. The van der Waals surface area contributed by atoms with E-state index in [2.05, 4.69) is 20.3 Å². The summed E-state index contributed by atoms with van der Waals surface area (Å²) >= 11 is 0. The number of hydrogen-bond acceptors (Lipinski definition) is 8. The van der Waals surface area contributed by atoms with E-state index in [-0.39, 0.29) is 29.6 Å². The van der Waals surface area contributed by atoms with Gasteiger partial charge in [0.15, 0.2) is 29.6 Å². The van der Waals surface area contributed by atoms with Gasteiger partial charge in [0, 0.05) is 6.92 Å². The van der Waals surface area contributed by atoms with Crippen LogP contribution in [0.5, 0.6) is 17.2 Å². The molecule has 2 aromatic heterocycles. The lowest BCUT2D eigenvalue weighted by Gasteiger charge is -2.26. The van der Waals surface area contributed by atoms with Crippen LogP contribution in [-0.4, -0.2) is 50.3 Å². The van der Waals surface area contributed by atoms with E-state index >= 15 is 0 Å². The Kier molecular flexibility index (Phi) is 8.03. The Labute approximate surface area is 253 Å². The van der Waals surface area contributed by atoms with Crippen molar-refractivity contribution in [2.24, 2.45) is 0 Å². The zero-order valence-corrected chi connectivity index (χ0v) is 24.8. The molecule has 1 aliphatic heterocycles. The standard InChI is InChI=1S/C33H33N5O6/c1-19-5-11-23(12-6-19)41-17-26-28(42-24-13-7-20(2)8-14-24)29(43-25-15-9-21(3)10-16-25)32(44-26)38-18-34-27-30(38)36-33(35-22(4)39)37-31(27)40/h5-16,18,26,28-29,32H,17H2,1-4H3,(H2,35,36,37,39,40)/t26-,28-,29-,32-/m1/s1. The molecule has 11 heteroatoms. The third kappa shape index (κ3) is 6.28. The van der Waals surface area contributed by atoms with E-state index in [0.29, 0.717) is 17.2 Å². The number of carbonyl (C=O) groups excluding carboxylic acids is 1. The molecular weight excluding hydrogens is 562 g/mol.